The molecule has 0 radical (unpaired) electrons. The zero-order chi connectivity index (χ0) is 15.5. The smallest absolute Gasteiger partial charge is 0.264 e. The Labute approximate surface area is 128 Å². The van der Waals surface area contributed by atoms with Crippen molar-refractivity contribution in [2.75, 3.05) is 6.54 Å². The highest BCUT2D eigenvalue weighted by Crippen LogP contribution is 2.25. The quantitative estimate of drug-likeness (QED) is 0.830. The highest BCUT2D eigenvalue weighted by molar-refractivity contribution is 7.08. The minimum absolute atomic E-state index is 0.0844. The van der Waals surface area contributed by atoms with E-state index in [4.69, 9.17) is 0 Å². The third-order valence-electron chi connectivity index (χ3n) is 3.25. The molecule has 0 fully saturated rings. The van der Waals surface area contributed by atoms with Crippen LogP contribution in [0.5, 0.6) is 0 Å². The minimum atomic E-state index is -0.173. The van der Waals surface area contributed by atoms with Gasteiger partial charge in [0.25, 0.3) is 5.91 Å². The average Bonchev–Trinajstić information content (AvgIpc) is 3.02. The van der Waals surface area contributed by atoms with Crippen LogP contribution in [0.4, 0.5) is 0 Å². The van der Waals surface area contributed by atoms with Gasteiger partial charge < -0.3 is 5.32 Å². The van der Waals surface area contributed by atoms with Crippen molar-refractivity contribution in [2.24, 2.45) is 0 Å². The van der Waals surface area contributed by atoms with Crippen LogP contribution in [0.2, 0.25) is 0 Å². The summed E-state index contributed by atoms with van der Waals surface area (Å²) in [7, 11) is 0. The highest BCUT2D eigenvalue weighted by Gasteiger charge is 2.25. The molecule has 0 aliphatic carbocycles. The second-order valence-electron chi connectivity index (χ2n) is 6.08. The number of carbonyl (C=O) groups is 1. The van der Waals surface area contributed by atoms with Gasteiger partial charge in [0.1, 0.15) is 4.88 Å². The zero-order valence-corrected chi connectivity index (χ0v) is 13.7. The molecule has 0 aliphatic heterocycles. The molecule has 0 aromatic carbocycles. The number of nitrogens with one attached hydrogen (secondary N) is 2. The summed E-state index contributed by atoms with van der Waals surface area (Å²) in [4.78, 5) is 12.8. The lowest BCUT2D eigenvalue weighted by Gasteiger charge is -2.16. The number of aryl methyl sites for hydroxylation is 2. The predicted octanol–water partition coefficient (Wildman–Crippen LogP) is 2.23. The third kappa shape index (κ3) is 3.87. The zero-order valence-electron chi connectivity index (χ0n) is 12.9. The number of H-pyrrole nitrogens is 1. The van der Waals surface area contributed by atoms with Gasteiger partial charge in [-0.15, -0.1) is 5.10 Å². The Morgan fingerprint density at radius 3 is 2.81 bits per heavy atom. The molecule has 114 valence electrons. The number of aromatic nitrogens is 4. The highest BCUT2D eigenvalue weighted by atomic mass is 32.1. The molecule has 0 unspecified atom stereocenters. The van der Waals surface area contributed by atoms with Crippen molar-refractivity contribution >= 4 is 17.4 Å². The maximum Gasteiger partial charge on any atom is 0.264 e. The normalized spacial score (nSPS) is 11.6. The SMILES string of the molecule is Cc1[nH]ncc1CCCNC(=O)c1snnc1C(C)(C)C. The number of aromatic amines is 1. The summed E-state index contributed by atoms with van der Waals surface area (Å²) >= 11 is 1.15. The number of hydrogen-bond acceptors (Lipinski definition) is 5. The Kier molecular flexibility index (Phi) is 4.72. The summed E-state index contributed by atoms with van der Waals surface area (Å²) in [5, 5.41) is 13.9. The molecule has 0 atom stereocenters. The molecule has 2 aromatic heterocycles. The summed E-state index contributed by atoms with van der Waals surface area (Å²) < 4.78 is 3.91. The monoisotopic (exact) mass is 307 g/mol. The topological polar surface area (TPSA) is 83.6 Å². The van der Waals surface area contributed by atoms with Crippen molar-refractivity contribution in [3.8, 4) is 0 Å². The van der Waals surface area contributed by atoms with Gasteiger partial charge in [-0.05, 0) is 36.9 Å². The van der Waals surface area contributed by atoms with Gasteiger partial charge in [-0.25, -0.2) is 0 Å². The molecule has 21 heavy (non-hydrogen) atoms. The Bertz CT molecular complexity index is 611. The number of hydrogen-bond donors (Lipinski definition) is 2. The number of amides is 1. The minimum Gasteiger partial charge on any atom is -0.351 e. The fourth-order valence-electron chi connectivity index (χ4n) is 2.02. The van der Waals surface area contributed by atoms with Crippen LogP contribution in [-0.2, 0) is 11.8 Å². The fourth-order valence-corrected chi connectivity index (χ4v) is 2.81. The van der Waals surface area contributed by atoms with Crippen molar-refractivity contribution < 1.29 is 4.79 Å². The van der Waals surface area contributed by atoms with E-state index in [1.54, 1.807) is 0 Å². The van der Waals surface area contributed by atoms with Gasteiger partial charge in [-0.3, -0.25) is 9.89 Å². The van der Waals surface area contributed by atoms with E-state index >= 15 is 0 Å². The molecule has 0 saturated carbocycles. The Hall–Kier alpha value is -1.76. The lowest BCUT2D eigenvalue weighted by atomic mass is 9.91. The van der Waals surface area contributed by atoms with Crippen molar-refractivity contribution in [2.45, 2.75) is 46.0 Å². The molecule has 2 aromatic rings. The first-order valence-electron chi connectivity index (χ1n) is 6.99. The van der Waals surface area contributed by atoms with Crippen LogP contribution in [-0.4, -0.2) is 32.2 Å². The molecular formula is C14H21N5OS. The molecule has 0 aliphatic rings. The molecule has 0 spiro atoms. The Morgan fingerprint density at radius 2 is 2.19 bits per heavy atom. The number of carbonyl (C=O) groups excluding carboxylic acids is 1. The van der Waals surface area contributed by atoms with E-state index in [9.17, 15) is 4.79 Å². The predicted molar refractivity (Wildman–Crippen MR) is 82.6 cm³/mol. The van der Waals surface area contributed by atoms with Crippen molar-refractivity contribution in [1.29, 1.82) is 0 Å². The Balaban J connectivity index is 1.86. The van der Waals surface area contributed by atoms with E-state index in [0.717, 1.165) is 35.8 Å². The average molecular weight is 307 g/mol. The van der Waals surface area contributed by atoms with E-state index in [0.29, 0.717) is 11.4 Å². The summed E-state index contributed by atoms with van der Waals surface area (Å²) in [6, 6.07) is 0. The molecule has 0 saturated heterocycles. The van der Waals surface area contributed by atoms with Gasteiger partial charge in [0.2, 0.25) is 0 Å². The lowest BCUT2D eigenvalue weighted by Crippen LogP contribution is -2.27. The van der Waals surface area contributed by atoms with Crippen LogP contribution in [0, 0.1) is 6.92 Å². The van der Waals surface area contributed by atoms with Gasteiger partial charge in [-0.2, -0.15) is 5.10 Å². The first-order chi connectivity index (χ1) is 9.89. The second-order valence-corrected chi connectivity index (χ2v) is 6.83. The molecule has 2 heterocycles. The van der Waals surface area contributed by atoms with Gasteiger partial charge in [-0.1, -0.05) is 25.3 Å². The van der Waals surface area contributed by atoms with Crippen molar-refractivity contribution in [3.05, 3.63) is 28.0 Å². The fraction of sp³-hybridized carbons (Fsp3) is 0.571. The summed E-state index contributed by atoms with van der Waals surface area (Å²) in [6.07, 6.45) is 3.61. The van der Waals surface area contributed by atoms with Gasteiger partial charge >= 0.3 is 0 Å². The van der Waals surface area contributed by atoms with Crippen LogP contribution in [0.25, 0.3) is 0 Å². The molecule has 7 heteroatoms. The summed E-state index contributed by atoms with van der Waals surface area (Å²) in [5.41, 5.74) is 2.87. The van der Waals surface area contributed by atoms with Gasteiger partial charge in [0.15, 0.2) is 0 Å². The largest absolute Gasteiger partial charge is 0.351 e. The van der Waals surface area contributed by atoms with E-state index in [1.165, 1.54) is 5.56 Å². The Morgan fingerprint density at radius 1 is 1.43 bits per heavy atom. The van der Waals surface area contributed by atoms with Crippen LogP contribution < -0.4 is 5.32 Å². The number of rotatable bonds is 5. The molecule has 0 bridgehead atoms. The second kappa shape index (κ2) is 6.34. The molecular weight excluding hydrogens is 286 g/mol. The maximum absolute atomic E-state index is 12.2. The molecule has 6 nitrogen and oxygen atoms in total. The molecule has 2 rings (SSSR count). The molecule has 2 N–H and O–H groups in total. The van der Waals surface area contributed by atoms with Crippen LogP contribution >= 0.6 is 11.5 Å². The number of nitrogens with zero attached hydrogens (tertiary/aromatic N) is 3. The van der Waals surface area contributed by atoms with Gasteiger partial charge in [0, 0.05) is 17.7 Å². The van der Waals surface area contributed by atoms with Gasteiger partial charge in [0.05, 0.1) is 11.9 Å². The first-order valence-corrected chi connectivity index (χ1v) is 7.77. The van der Waals surface area contributed by atoms with E-state index < -0.39 is 0 Å². The maximum atomic E-state index is 12.2. The van der Waals surface area contributed by atoms with Crippen molar-refractivity contribution in [1.82, 2.24) is 25.1 Å². The van der Waals surface area contributed by atoms with E-state index in [2.05, 4.69) is 25.1 Å². The summed E-state index contributed by atoms with van der Waals surface area (Å²) in [5.74, 6) is -0.0844. The van der Waals surface area contributed by atoms with Crippen molar-refractivity contribution in [3.63, 3.8) is 0 Å². The molecule has 1 amide bonds. The van der Waals surface area contributed by atoms with E-state index in [-0.39, 0.29) is 11.3 Å². The summed E-state index contributed by atoms with van der Waals surface area (Å²) in [6.45, 7) is 8.72. The van der Waals surface area contributed by atoms with Crippen LogP contribution in [0.1, 0.15) is 53.8 Å². The van der Waals surface area contributed by atoms with Crippen LogP contribution in [0.15, 0.2) is 6.20 Å². The first kappa shape index (κ1) is 15.6. The standard InChI is InChI=1S/C14H21N5OS/c1-9-10(8-16-17-9)6-5-7-15-13(20)11-12(14(2,3)4)18-19-21-11/h8H,5-7H2,1-4H3,(H,15,20)(H,16,17). The lowest BCUT2D eigenvalue weighted by molar-refractivity contribution is 0.0955. The van der Waals surface area contributed by atoms with E-state index in [1.807, 2.05) is 33.9 Å². The van der Waals surface area contributed by atoms with Crippen LogP contribution in [0.3, 0.4) is 0 Å². The third-order valence-corrected chi connectivity index (χ3v) is 3.97.